The lowest BCUT2D eigenvalue weighted by Gasteiger charge is -2.30. The van der Waals surface area contributed by atoms with Gasteiger partial charge in [-0.25, -0.2) is 19.8 Å². The number of aliphatic imine (C=N–C) groups is 3. The second kappa shape index (κ2) is 26.7. The van der Waals surface area contributed by atoms with Crippen molar-refractivity contribution in [1.29, 1.82) is 0 Å². The van der Waals surface area contributed by atoms with Crippen molar-refractivity contribution in [3.05, 3.63) is 129 Å². The van der Waals surface area contributed by atoms with E-state index >= 15 is 0 Å². The van der Waals surface area contributed by atoms with Crippen LogP contribution < -0.4 is 27.0 Å². The average molecular weight is 1030 g/mol. The molecule has 1 amide bonds. The first-order valence-corrected chi connectivity index (χ1v) is 26.8. The fourth-order valence-electron chi connectivity index (χ4n) is 10.5. The number of aliphatic carboxylic acids is 1. The fraction of sp³-hybridized carbons (Fsp3) is 0.534. The lowest BCUT2D eigenvalue weighted by Crippen LogP contribution is -2.51. The number of nitrogens with two attached hydrogens (primary N) is 1. The SMILES string of the molecule is C=CC1=C(C)C2=NC1=CC1=NC(=CC3=C(C)C4=C(O)CC(=C5NC(=C2)[C@@H](C)C5CCC(=C)NC(CCCCNC2(C)C=COC2COCC(=O)NCCCOCCOCCOCCCN)C(=O)O)C4=N3)C(CC)=C1C. The number of ether oxygens (including phenoxy) is 5. The van der Waals surface area contributed by atoms with Crippen LogP contribution in [0.25, 0.3) is 0 Å². The van der Waals surface area contributed by atoms with Gasteiger partial charge in [0.1, 0.15) is 24.5 Å². The molecule has 1 saturated heterocycles. The van der Waals surface area contributed by atoms with Crippen LogP contribution in [-0.2, 0) is 33.3 Å². The Kier molecular flexibility index (Phi) is 20.2. The summed E-state index contributed by atoms with van der Waals surface area (Å²) >= 11 is 0. The first-order valence-electron chi connectivity index (χ1n) is 26.8. The smallest absolute Gasteiger partial charge is 0.326 e. The van der Waals surface area contributed by atoms with E-state index in [0.717, 1.165) is 104 Å². The molecular formula is C58H80N8O9. The predicted octanol–water partition coefficient (Wildman–Crippen LogP) is 7.53. The number of hydrogen-bond donors (Lipinski definition) is 7. The second-order valence-corrected chi connectivity index (χ2v) is 20.2. The summed E-state index contributed by atoms with van der Waals surface area (Å²) in [5, 5.41) is 35.3. The van der Waals surface area contributed by atoms with Crippen molar-refractivity contribution in [3.8, 4) is 0 Å². The maximum absolute atomic E-state index is 12.6. The maximum Gasteiger partial charge on any atom is 0.326 e. The summed E-state index contributed by atoms with van der Waals surface area (Å²) in [5.41, 5.74) is 19.5. The first-order chi connectivity index (χ1) is 36.2. The standard InChI is InChI=1S/C58H80N8O9/c1-9-40-36(4)45-30-47-38(6)42(55(65-47)43-29-51(67)54-39(7)48(66-56(43)54)32-50-41(10-2)37(5)46(64-50)31-49(40)63-45)17-16-35(3)62-44(57(69)70)15-11-12-21-61-58(8)18-24-75-52(58)33-74-34-53(68)60-20-14-23-72-26-28-73-27-25-71-22-13-19-59/h9,18,24,30-32,38,42,44,52,61-62,65,67H,1,3,10-17,19-23,25-29,33-34,59H2,2,4-8H3,(H,60,68)(H,69,70)/t38-,42?,44?,52?,58?/m0/s1. The van der Waals surface area contributed by atoms with Gasteiger partial charge in [0.15, 0.2) is 0 Å². The van der Waals surface area contributed by atoms with E-state index in [1.165, 1.54) is 0 Å². The van der Waals surface area contributed by atoms with Crippen LogP contribution in [0, 0.1) is 11.8 Å². The van der Waals surface area contributed by atoms with Crippen molar-refractivity contribution in [1.82, 2.24) is 21.3 Å². The van der Waals surface area contributed by atoms with Gasteiger partial charge in [0.25, 0.3) is 0 Å². The van der Waals surface area contributed by atoms with Crippen molar-refractivity contribution in [2.45, 2.75) is 117 Å². The summed E-state index contributed by atoms with van der Waals surface area (Å²) < 4.78 is 28.0. The van der Waals surface area contributed by atoms with E-state index in [2.05, 4.69) is 74.3 Å². The van der Waals surface area contributed by atoms with Gasteiger partial charge >= 0.3 is 5.97 Å². The highest BCUT2D eigenvalue weighted by Gasteiger charge is 2.42. The highest BCUT2D eigenvalue weighted by atomic mass is 16.5. The molecule has 8 bridgehead atoms. The highest BCUT2D eigenvalue weighted by molar-refractivity contribution is 6.21. The number of unbranched alkanes of at least 4 members (excludes halogenated alkanes) is 1. The van der Waals surface area contributed by atoms with Gasteiger partial charge in [-0.3, -0.25) is 4.79 Å². The third-order valence-electron chi connectivity index (χ3n) is 15.0. The largest absolute Gasteiger partial charge is 0.511 e. The Bertz CT molecular complexity index is 2610. The molecule has 1 aliphatic carbocycles. The van der Waals surface area contributed by atoms with Gasteiger partial charge in [-0.1, -0.05) is 33.1 Å². The number of fused-ring (bicyclic) bond motifs is 5. The predicted molar refractivity (Wildman–Crippen MR) is 294 cm³/mol. The lowest BCUT2D eigenvalue weighted by atomic mass is 9.85. The number of carboxylic acids is 1. The third-order valence-corrected chi connectivity index (χ3v) is 15.0. The van der Waals surface area contributed by atoms with Gasteiger partial charge in [0.2, 0.25) is 5.91 Å². The van der Waals surface area contributed by atoms with E-state index in [0.29, 0.717) is 109 Å². The number of carboxylic acid groups (broad SMARTS) is 1. The monoisotopic (exact) mass is 1030 g/mol. The molecule has 0 saturated carbocycles. The van der Waals surface area contributed by atoms with Crippen LogP contribution in [0.4, 0.5) is 0 Å². The molecule has 406 valence electrons. The van der Waals surface area contributed by atoms with Crippen molar-refractivity contribution in [2.75, 3.05) is 72.5 Å². The van der Waals surface area contributed by atoms with Crippen LogP contribution in [0.2, 0.25) is 0 Å². The van der Waals surface area contributed by atoms with Crippen molar-refractivity contribution in [3.63, 3.8) is 0 Å². The van der Waals surface area contributed by atoms with Gasteiger partial charge < -0.3 is 60.9 Å². The minimum Gasteiger partial charge on any atom is -0.511 e. The van der Waals surface area contributed by atoms with Gasteiger partial charge in [-0.05, 0) is 139 Å². The molecule has 7 aliphatic rings. The molecule has 75 heavy (non-hydrogen) atoms. The zero-order chi connectivity index (χ0) is 53.6. The van der Waals surface area contributed by atoms with Crippen LogP contribution in [-0.4, -0.2) is 129 Å². The number of carbonyl (C=O) groups is 2. The van der Waals surface area contributed by atoms with Crippen LogP contribution in [0.15, 0.2) is 144 Å². The van der Waals surface area contributed by atoms with E-state index in [-0.39, 0.29) is 37.1 Å². The molecule has 0 radical (unpaired) electrons. The normalized spacial score (nSPS) is 23.1. The van der Waals surface area contributed by atoms with Crippen LogP contribution in [0.1, 0.15) is 99.3 Å². The van der Waals surface area contributed by atoms with E-state index in [1.807, 2.05) is 32.1 Å². The molecule has 7 rings (SSSR count). The lowest BCUT2D eigenvalue weighted by molar-refractivity contribution is -0.139. The van der Waals surface area contributed by atoms with E-state index in [9.17, 15) is 19.8 Å². The Morgan fingerprint density at radius 3 is 2.39 bits per heavy atom. The summed E-state index contributed by atoms with van der Waals surface area (Å²) in [7, 11) is 0. The molecule has 4 unspecified atom stereocenters. The number of aliphatic hydroxyl groups excluding tert-OH is 1. The minimum atomic E-state index is -0.930. The number of hydrogen-bond acceptors (Lipinski definition) is 15. The summed E-state index contributed by atoms with van der Waals surface area (Å²) in [6, 6.07) is -0.809. The molecule has 17 nitrogen and oxygen atoms in total. The number of nitrogens with zero attached hydrogens (tertiary/aromatic N) is 3. The number of carbonyl (C=O) groups excluding carboxylic acids is 1. The molecular weight excluding hydrogens is 953 g/mol. The van der Waals surface area contributed by atoms with E-state index in [4.69, 9.17) is 44.4 Å². The Hall–Kier alpha value is -5.95. The fourth-order valence-corrected chi connectivity index (χ4v) is 10.5. The van der Waals surface area contributed by atoms with Crippen LogP contribution in [0.3, 0.4) is 0 Å². The number of aliphatic hydroxyl groups is 1. The van der Waals surface area contributed by atoms with Gasteiger partial charge in [0, 0.05) is 71.8 Å². The Morgan fingerprint density at radius 1 is 0.947 bits per heavy atom. The summed E-state index contributed by atoms with van der Waals surface area (Å²) in [6.07, 6.45) is 17.0. The number of rotatable bonds is 31. The molecule has 8 N–H and O–H groups in total. The van der Waals surface area contributed by atoms with E-state index in [1.54, 1.807) is 6.26 Å². The Labute approximate surface area is 443 Å². The molecule has 6 heterocycles. The van der Waals surface area contributed by atoms with E-state index < -0.39 is 17.6 Å². The first kappa shape index (κ1) is 56.8. The molecule has 0 spiro atoms. The maximum atomic E-state index is 12.6. The summed E-state index contributed by atoms with van der Waals surface area (Å²) in [6.45, 7) is 26.0. The Balaban J connectivity index is 0.886. The zero-order valence-corrected chi connectivity index (χ0v) is 45.0. The van der Waals surface area contributed by atoms with Crippen molar-refractivity contribution < 1.29 is 43.5 Å². The van der Waals surface area contributed by atoms with Crippen LogP contribution in [0.5, 0.6) is 0 Å². The van der Waals surface area contributed by atoms with Crippen molar-refractivity contribution in [2.24, 2.45) is 32.5 Å². The molecule has 6 aliphatic heterocycles. The topological polar surface area (TPSA) is 232 Å². The Morgan fingerprint density at radius 2 is 1.67 bits per heavy atom. The number of allylic oxidation sites excluding steroid dienone is 13. The third kappa shape index (κ3) is 13.9. The average Bonchev–Trinajstić information content (AvgIpc) is 4.21. The van der Waals surface area contributed by atoms with Crippen LogP contribution >= 0.6 is 0 Å². The molecule has 5 atom stereocenters. The molecule has 17 heteroatoms. The molecule has 1 fully saturated rings. The quantitative estimate of drug-likeness (QED) is 0.0333. The minimum absolute atomic E-state index is 0.0103. The molecule has 0 aromatic carbocycles. The summed E-state index contributed by atoms with van der Waals surface area (Å²) in [4.78, 5) is 40.5. The van der Waals surface area contributed by atoms with Gasteiger partial charge in [0.05, 0.1) is 79.1 Å². The molecule has 0 aromatic heterocycles. The molecule has 0 aromatic rings. The number of nitrogens with one attached hydrogen (secondary N) is 4. The second-order valence-electron chi connectivity index (χ2n) is 20.2. The summed E-state index contributed by atoms with van der Waals surface area (Å²) in [5.74, 6) is -0.816. The van der Waals surface area contributed by atoms with Gasteiger partial charge in [-0.2, -0.15) is 0 Å². The van der Waals surface area contributed by atoms with Crippen molar-refractivity contribution >= 4 is 29.0 Å². The number of amides is 1. The zero-order valence-electron chi connectivity index (χ0n) is 45.0. The highest BCUT2D eigenvalue weighted by Crippen LogP contribution is 2.47. The van der Waals surface area contributed by atoms with Gasteiger partial charge in [-0.15, -0.1) is 0 Å².